The molecule has 0 radical (unpaired) electrons. The van der Waals surface area contributed by atoms with Crippen LogP contribution < -0.4 is 4.57 Å². The van der Waals surface area contributed by atoms with Gasteiger partial charge in [0.15, 0.2) is 16.3 Å². The number of ether oxygens (including phenoxy) is 1. The zero-order chi connectivity index (χ0) is 16.8. The quantitative estimate of drug-likeness (QED) is 0.250. The Morgan fingerprint density at radius 3 is 2.29 bits per heavy atom. The van der Waals surface area contributed by atoms with E-state index in [-0.39, 0.29) is 5.97 Å². The van der Waals surface area contributed by atoms with Crippen molar-refractivity contribution in [3.05, 3.63) is 28.5 Å². The van der Waals surface area contributed by atoms with Crippen molar-refractivity contribution < 1.29 is 40.2 Å². The fraction of sp³-hybridized carbons (Fsp3) is 0.400. The number of hydrogen-bond donors (Lipinski definition) is 0. The number of alkyl halides is 3. The standard InChI is InChI=1S/C9H11BrNO2.CHF3O3S/c1-3-13-9(12)7-4-5-11(2)8(10)6-7;2-1(3,4)8(5,6)7/h4-6H,3H2,1-2H3;(H,5,6,7)/q+1;/p-1. The average molecular weight is 394 g/mol. The molecule has 0 bridgehead atoms. The molecule has 1 aromatic heterocycles. The van der Waals surface area contributed by atoms with Gasteiger partial charge in [-0.05, 0) is 6.92 Å². The summed E-state index contributed by atoms with van der Waals surface area (Å²) in [5.41, 5.74) is -5.08. The van der Waals surface area contributed by atoms with Crippen molar-refractivity contribution in [3.63, 3.8) is 0 Å². The summed E-state index contributed by atoms with van der Waals surface area (Å²) in [5, 5.41) is 0. The number of aromatic nitrogens is 1. The second-order valence-electron chi connectivity index (χ2n) is 3.47. The van der Waals surface area contributed by atoms with E-state index in [1.807, 2.05) is 11.6 Å². The van der Waals surface area contributed by atoms with Gasteiger partial charge < -0.3 is 9.29 Å². The third-order valence-corrected chi connectivity index (χ3v) is 3.24. The van der Waals surface area contributed by atoms with Crippen LogP contribution in [-0.4, -0.2) is 31.1 Å². The van der Waals surface area contributed by atoms with Gasteiger partial charge >= 0.3 is 11.5 Å². The van der Waals surface area contributed by atoms with E-state index in [1.54, 1.807) is 25.3 Å². The van der Waals surface area contributed by atoms with Gasteiger partial charge in [0.2, 0.25) is 4.60 Å². The van der Waals surface area contributed by atoms with Crippen molar-refractivity contribution >= 4 is 32.0 Å². The second-order valence-corrected chi connectivity index (χ2v) is 5.65. The molecule has 1 heterocycles. The lowest BCUT2D eigenvalue weighted by molar-refractivity contribution is -0.682. The molecule has 0 fully saturated rings. The summed E-state index contributed by atoms with van der Waals surface area (Å²) in [6.07, 6.45) is 1.80. The molecular formula is C10H11BrF3NO5S. The van der Waals surface area contributed by atoms with Crippen LogP contribution in [0.3, 0.4) is 0 Å². The van der Waals surface area contributed by atoms with Crippen LogP contribution in [0.2, 0.25) is 0 Å². The van der Waals surface area contributed by atoms with Gasteiger partial charge in [0.05, 0.1) is 12.2 Å². The molecule has 0 aliphatic heterocycles. The molecule has 1 rings (SSSR count). The van der Waals surface area contributed by atoms with Crippen LogP contribution in [0.25, 0.3) is 0 Å². The van der Waals surface area contributed by atoms with E-state index in [4.69, 9.17) is 17.7 Å². The molecule has 0 saturated carbocycles. The third kappa shape index (κ3) is 6.87. The Bertz CT molecular complexity index is 603. The van der Waals surface area contributed by atoms with Gasteiger partial charge in [0.1, 0.15) is 7.05 Å². The third-order valence-electron chi connectivity index (χ3n) is 1.88. The molecular weight excluding hydrogens is 383 g/mol. The SMILES string of the molecule is CCOC(=O)c1cc[n+](C)c(Br)c1.O=S(=O)([O-])C(F)(F)F. The number of halogens is 4. The van der Waals surface area contributed by atoms with E-state index in [1.165, 1.54) is 0 Å². The summed E-state index contributed by atoms with van der Waals surface area (Å²) >= 11 is 3.32. The van der Waals surface area contributed by atoms with Crippen molar-refractivity contribution in [3.8, 4) is 0 Å². The van der Waals surface area contributed by atoms with Crippen molar-refractivity contribution in [1.82, 2.24) is 0 Å². The minimum absolute atomic E-state index is 0.288. The minimum atomic E-state index is -6.09. The van der Waals surface area contributed by atoms with E-state index in [0.717, 1.165) is 4.60 Å². The van der Waals surface area contributed by atoms with Crippen molar-refractivity contribution in [2.24, 2.45) is 7.05 Å². The van der Waals surface area contributed by atoms with Gasteiger partial charge in [0, 0.05) is 28.1 Å². The molecule has 1 aromatic rings. The molecule has 0 aromatic carbocycles. The maximum absolute atomic E-state index is 11.3. The van der Waals surface area contributed by atoms with E-state index in [0.29, 0.717) is 12.2 Å². The number of carbonyl (C=O) groups excluding carboxylic acids is 1. The Morgan fingerprint density at radius 2 is 1.95 bits per heavy atom. The Morgan fingerprint density at radius 1 is 1.48 bits per heavy atom. The van der Waals surface area contributed by atoms with Gasteiger partial charge in [-0.3, -0.25) is 0 Å². The maximum atomic E-state index is 11.3. The van der Waals surface area contributed by atoms with E-state index < -0.39 is 15.6 Å². The molecule has 0 aliphatic rings. The molecule has 0 aliphatic carbocycles. The number of esters is 1. The van der Waals surface area contributed by atoms with Crippen molar-refractivity contribution in [2.75, 3.05) is 6.61 Å². The molecule has 0 saturated heterocycles. The highest BCUT2D eigenvalue weighted by molar-refractivity contribution is 9.10. The van der Waals surface area contributed by atoms with Gasteiger partial charge in [-0.15, -0.1) is 0 Å². The van der Waals surface area contributed by atoms with Crippen LogP contribution in [0.15, 0.2) is 22.9 Å². The molecule has 21 heavy (non-hydrogen) atoms. The Hall–Kier alpha value is -1.20. The zero-order valence-electron chi connectivity index (χ0n) is 10.8. The first kappa shape index (κ1) is 19.8. The normalized spacial score (nSPS) is 11.4. The summed E-state index contributed by atoms with van der Waals surface area (Å²) in [5.74, 6) is -0.288. The van der Waals surface area contributed by atoms with Crippen LogP contribution in [0.1, 0.15) is 17.3 Å². The largest absolute Gasteiger partial charge is 0.741 e. The predicted molar refractivity (Wildman–Crippen MR) is 67.0 cm³/mol. The molecule has 120 valence electrons. The smallest absolute Gasteiger partial charge is 0.485 e. The number of nitrogens with zero attached hydrogens (tertiary/aromatic N) is 1. The molecule has 11 heteroatoms. The molecule has 6 nitrogen and oxygen atoms in total. The number of hydrogen-bond acceptors (Lipinski definition) is 5. The number of pyridine rings is 1. The first-order chi connectivity index (χ1) is 9.40. The molecule has 0 unspecified atom stereocenters. The summed E-state index contributed by atoms with van der Waals surface area (Å²) in [7, 11) is -4.20. The molecule has 0 N–H and O–H groups in total. The average Bonchev–Trinajstić information content (AvgIpc) is 2.31. The first-order valence-electron chi connectivity index (χ1n) is 5.24. The van der Waals surface area contributed by atoms with E-state index >= 15 is 0 Å². The number of aryl methyl sites for hydroxylation is 1. The van der Waals surface area contributed by atoms with Crippen LogP contribution in [-0.2, 0) is 21.9 Å². The number of rotatable bonds is 2. The van der Waals surface area contributed by atoms with Gasteiger partial charge in [-0.1, -0.05) is 0 Å². The Kier molecular flexibility index (Phi) is 7.27. The molecule has 0 amide bonds. The fourth-order valence-electron chi connectivity index (χ4n) is 0.883. The topological polar surface area (TPSA) is 87.4 Å². The lowest BCUT2D eigenvalue weighted by atomic mass is 10.3. The highest BCUT2D eigenvalue weighted by Crippen LogP contribution is 2.20. The van der Waals surface area contributed by atoms with Crippen LogP contribution in [0, 0.1) is 0 Å². The maximum Gasteiger partial charge on any atom is 0.485 e. The molecule has 0 spiro atoms. The van der Waals surface area contributed by atoms with Gasteiger partial charge in [-0.25, -0.2) is 13.2 Å². The number of carbonyl (C=O) groups is 1. The molecule has 0 atom stereocenters. The van der Waals surface area contributed by atoms with Crippen molar-refractivity contribution in [1.29, 1.82) is 0 Å². The monoisotopic (exact) mass is 393 g/mol. The van der Waals surface area contributed by atoms with Crippen LogP contribution in [0.5, 0.6) is 0 Å². The highest BCUT2D eigenvalue weighted by Gasteiger charge is 2.36. The van der Waals surface area contributed by atoms with E-state index in [2.05, 4.69) is 15.9 Å². The highest BCUT2D eigenvalue weighted by atomic mass is 79.9. The predicted octanol–water partition coefficient (Wildman–Crippen LogP) is 1.50. The Labute approximate surface area is 127 Å². The van der Waals surface area contributed by atoms with Gasteiger partial charge in [0.25, 0.3) is 0 Å². The van der Waals surface area contributed by atoms with Crippen LogP contribution in [0.4, 0.5) is 13.2 Å². The summed E-state index contributed by atoms with van der Waals surface area (Å²) in [6.45, 7) is 2.19. The van der Waals surface area contributed by atoms with Crippen molar-refractivity contribution in [2.45, 2.75) is 12.4 Å². The summed E-state index contributed by atoms with van der Waals surface area (Å²) in [4.78, 5) is 11.3. The summed E-state index contributed by atoms with van der Waals surface area (Å²) < 4.78 is 66.5. The minimum Gasteiger partial charge on any atom is -0.741 e. The first-order valence-corrected chi connectivity index (χ1v) is 7.44. The Balaban J connectivity index is 0.000000433. The lowest BCUT2D eigenvalue weighted by Crippen LogP contribution is -2.29. The van der Waals surface area contributed by atoms with Gasteiger partial charge in [-0.2, -0.15) is 17.7 Å². The van der Waals surface area contributed by atoms with Crippen LogP contribution >= 0.6 is 15.9 Å². The fourth-order valence-corrected chi connectivity index (χ4v) is 1.25. The lowest BCUT2D eigenvalue weighted by Gasteiger charge is -2.08. The van der Waals surface area contributed by atoms with E-state index in [9.17, 15) is 18.0 Å². The summed E-state index contributed by atoms with van der Waals surface area (Å²) in [6, 6.07) is 3.46. The second kappa shape index (κ2) is 7.71. The zero-order valence-corrected chi connectivity index (χ0v) is 13.3.